The third kappa shape index (κ3) is 5.58. The van der Waals surface area contributed by atoms with E-state index in [1.54, 1.807) is 6.07 Å². The van der Waals surface area contributed by atoms with Gasteiger partial charge in [-0.3, -0.25) is 25.8 Å². The van der Waals surface area contributed by atoms with E-state index in [0.29, 0.717) is 5.02 Å². The first kappa shape index (κ1) is 20.9. The molecule has 2 aromatic rings. The van der Waals surface area contributed by atoms with E-state index in [-0.39, 0.29) is 40.7 Å². The minimum absolute atomic E-state index is 0.109. The van der Waals surface area contributed by atoms with Crippen molar-refractivity contribution in [2.24, 2.45) is 0 Å². The van der Waals surface area contributed by atoms with Gasteiger partial charge < -0.3 is 10.1 Å². The Morgan fingerprint density at radius 2 is 1.97 bits per heavy atom. The Morgan fingerprint density at radius 1 is 1.24 bits per heavy atom. The fourth-order valence-corrected chi connectivity index (χ4v) is 3.38. The van der Waals surface area contributed by atoms with E-state index in [2.05, 4.69) is 26.1 Å². The van der Waals surface area contributed by atoms with Gasteiger partial charge in [0.1, 0.15) is 12.1 Å². The topological polar surface area (TPSA) is 131 Å². The summed E-state index contributed by atoms with van der Waals surface area (Å²) in [6.07, 6.45) is 5.16. The molecule has 1 heterocycles. The molecule has 3 rings (SSSR count). The first-order valence-electron chi connectivity index (χ1n) is 8.82. The molecule has 0 spiro atoms. The molecule has 1 aromatic heterocycles. The summed E-state index contributed by atoms with van der Waals surface area (Å²) in [5.74, 6) is -0.335. The molecule has 0 bridgehead atoms. The zero-order chi connectivity index (χ0) is 20.8. The third-order valence-corrected chi connectivity index (χ3v) is 4.80. The molecule has 1 aliphatic carbocycles. The van der Waals surface area contributed by atoms with Gasteiger partial charge in [0.05, 0.1) is 9.95 Å². The van der Waals surface area contributed by atoms with Crippen molar-refractivity contribution in [2.45, 2.75) is 31.7 Å². The van der Waals surface area contributed by atoms with Gasteiger partial charge in [-0.15, -0.1) is 0 Å². The lowest BCUT2D eigenvalue weighted by Gasteiger charge is -2.14. The van der Waals surface area contributed by atoms with Crippen LogP contribution in [0.2, 0.25) is 10.0 Å². The summed E-state index contributed by atoms with van der Waals surface area (Å²) >= 11 is 11.8. The first-order valence-corrected chi connectivity index (χ1v) is 9.58. The highest BCUT2D eigenvalue weighted by Crippen LogP contribution is 2.31. The number of anilines is 2. The van der Waals surface area contributed by atoms with E-state index in [4.69, 9.17) is 27.9 Å². The number of aromatic nitrogens is 2. The largest absolute Gasteiger partial charge is 0.482 e. The number of amides is 1. The van der Waals surface area contributed by atoms with Gasteiger partial charge in [-0.25, -0.2) is 9.97 Å². The van der Waals surface area contributed by atoms with Crippen LogP contribution in [-0.2, 0) is 4.79 Å². The van der Waals surface area contributed by atoms with Crippen LogP contribution >= 0.6 is 23.2 Å². The molecule has 0 saturated heterocycles. The smallest absolute Gasteiger partial charge is 0.354 e. The number of hydrogen-bond donors (Lipinski definition) is 3. The number of hydrogen-bond acceptors (Lipinski definition) is 8. The highest BCUT2D eigenvalue weighted by Gasteiger charge is 2.26. The molecule has 0 aliphatic heterocycles. The molecule has 0 radical (unpaired) electrons. The molecule has 0 unspecified atom stereocenters. The average Bonchev–Trinajstić information content (AvgIpc) is 3.18. The molecule has 1 amide bonds. The molecule has 1 aliphatic rings. The summed E-state index contributed by atoms with van der Waals surface area (Å²) in [6.45, 7) is -0.375. The Bertz CT molecular complexity index is 907. The SMILES string of the molecule is O=C(COc1ccc(Cl)cc1Cl)NNc1ncnc(NC2CCCC2)c1[N+](=O)[O-]. The van der Waals surface area contributed by atoms with Crippen LogP contribution in [0.5, 0.6) is 5.75 Å². The van der Waals surface area contributed by atoms with Gasteiger partial charge in [0.25, 0.3) is 5.91 Å². The minimum atomic E-state index is -0.601. The molecule has 3 N–H and O–H groups in total. The Kier molecular flexibility index (Phi) is 6.89. The molecule has 1 saturated carbocycles. The Labute approximate surface area is 176 Å². The molecular weight excluding hydrogens is 423 g/mol. The van der Waals surface area contributed by atoms with Gasteiger partial charge in [0, 0.05) is 11.1 Å². The van der Waals surface area contributed by atoms with Crippen LogP contribution in [0.3, 0.4) is 0 Å². The summed E-state index contributed by atoms with van der Waals surface area (Å²) in [4.78, 5) is 30.8. The van der Waals surface area contributed by atoms with Crippen LogP contribution in [0.25, 0.3) is 0 Å². The van der Waals surface area contributed by atoms with Gasteiger partial charge in [-0.2, -0.15) is 0 Å². The number of nitro groups is 1. The van der Waals surface area contributed by atoms with Crippen LogP contribution in [0.1, 0.15) is 25.7 Å². The summed E-state index contributed by atoms with van der Waals surface area (Å²) in [7, 11) is 0. The highest BCUT2D eigenvalue weighted by molar-refractivity contribution is 6.35. The summed E-state index contributed by atoms with van der Waals surface area (Å²) in [5, 5.41) is 15.3. The lowest BCUT2D eigenvalue weighted by atomic mass is 10.2. The minimum Gasteiger partial charge on any atom is -0.482 e. The second-order valence-corrected chi connectivity index (χ2v) is 7.18. The fraction of sp³-hybridized carbons (Fsp3) is 0.353. The summed E-state index contributed by atoms with van der Waals surface area (Å²) < 4.78 is 5.31. The predicted molar refractivity (Wildman–Crippen MR) is 108 cm³/mol. The maximum atomic E-state index is 12.0. The van der Waals surface area contributed by atoms with Crippen LogP contribution in [0.4, 0.5) is 17.3 Å². The number of nitrogens with one attached hydrogen (secondary N) is 3. The maximum Gasteiger partial charge on any atom is 0.354 e. The van der Waals surface area contributed by atoms with Gasteiger partial charge in [0.15, 0.2) is 6.61 Å². The monoisotopic (exact) mass is 440 g/mol. The molecule has 154 valence electrons. The van der Waals surface area contributed by atoms with Gasteiger partial charge >= 0.3 is 5.69 Å². The van der Waals surface area contributed by atoms with Crippen LogP contribution in [0, 0.1) is 10.1 Å². The van der Waals surface area contributed by atoms with E-state index in [1.807, 2.05) is 0 Å². The number of hydrazine groups is 1. The second-order valence-electron chi connectivity index (χ2n) is 6.34. The predicted octanol–water partition coefficient (Wildman–Crippen LogP) is 3.57. The van der Waals surface area contributed by atoms with Crippen molar-refractivity contribution in [2.75, 3.05) is 17.3 Å². The van der Waals surface area contributed by atoms with E-state index in [1.165, 1.54) is 18.5 Å². The molecule has 1 fully saturated rings. The number of halogens is 2. The lowest BCUT2D eigenvalue weighted by Crippen LogP contribution is -2.34. The average molecular weight is 441 g/mol. The quantitative estimate of drug-likeness (QED) is 0.419. The first-order chi connectivity index (χ1) is 13.9. The summed E-state index contributed by atoms with van der Waals surface area (Å²) in [5.41, 5.74) is 4.42. The Hall–Kier alpha value is -2.85. The second kappa shape index (κ2) is 9.57. The van der Waals surface area contributed by atoms with Crippen molar-refractivity contribution in [3.63, 3.8) is 0 Å². The highest BCUT2D eigenvalue weighted by atomic mass is 35.5. The number of rotatable bonds is 8. The van der Waals surface area contributed by atoms with E-state index in [0.717, 1.165) is 25.7 Å². The lowest BCUT2D eigenvalue weighted by molar-refractivity contribution is -0.383. The van der Waals surface area contributed by atoms with Crippen molar-refractivity contribution in [1.82, 2.24) is 15.4 Å². The van der Waals surface area contributed by atoms with E-state index < -0.39 is 10.8 Å². The molecule has 1 aromatic carbocycles. The van der Waals surface area contributed by atoms with Crippen molar-refractivity contribution >= 4 is 46.4 Å². The fourth-order valence-electron chi connectivity index (χ4n) is 2.91. The molecule has 0 atom stereocenters. The van der Waals surface area contributed by atoms with E-state index in [9.17, 15) is 14.9 Å². The number of nitrogens with zero attached hydrogens (tertiary/aromatic N) is 3. The number of ether oxygens (including phenoxy) is 1. The van der Waals surface area contributed by atoms with Crippen molar-refractivity contribution in [3.8, 4) is 5.75 Å². The standard InChI is InChI=1S/C17H18Cl2N6O4/c18-10-5-6-13(12(19)7-10)29-8-14(26)23-24-17-15(25(27)28)16(20-9-21-17)22-11-3-1-2-4-11/h5-7,9,11H,1-4,8H2,(H,23,26)(H2,20,21,22,24). The third-order valence-electron chi connectivity index (χ3n) is 4.27. The summed E-state index contributed by atoms with van der Waals surface area (Å²) in [6, 6.07) is 4.71. The number of carbonyl (C=O) groups is 1. The maximum absolute atomic E-state index is 12.0. The van der Waals surface area contributed by atoms with Crippen molar-refractivity contribution in [1.29, 1.82) is 0 Å². The van der Waals surface area contributed by atoms with Crippen molar-refractivity contribution in [3.05, 3.63) is 44.7 Å². The Morgan fingerprint density at radius 3 is 2.66 bits per heavy atom. The van der Waals surface area contributed by atoms with Gasteiger partial charge in [-0.05, 0) is 31.0 Å². The molecule has 10 nitrogen and oxygen atoms in total. The number of carbonyl (C=O) groups excluding carboxylic acids is 1. The van der Waals surface area contributed by atoms with Gasteiger partial charge in [-0.1, -0.05) is 36.0 Å². The van der Waals surface area contributed by atoms with Gasteiger partial charge in [0.2, 0.25) is 11.6 Å². The van der Waals surface area contributed by atoms with Crippen LogP contribution < -0.4 is 20.9 Å². The normalized spacial score (nSPS) is 13.7. The van der Waals surface area contributed by atoms with Crippen LogP contribution in [-0.4, -0.2) is 33.4 Å². The zero-order valence-corrected chi connectivity index (χ0v) is 16.7. The Balaban J connectivity index is 1.61. The molecular formula is C17H18Cl2N6O4. The zero-order valence-electron chi connectivity index (χ0n) is 15.2. The van der Waals surface area contributed by atoms with Crippen LogP contribution in [0.15, 0.2) is 24.5 Å². The van der Waals surface area contributed by atoms with Crippen molar-refractivity contribution < 1.29 is 14.5 Å². The molecule has 29 heavy (non-hydrogen) atoms. The number of benzene rings is 1. The molecule has 12 heteroatoms. The van der Waals surface area contributed by atoms with E-state index >= 15 is 0 Å².